The summed E-state index contributed by atoms with van der Waals surface area (Å²) < 4.78 is 10.9. The third-order valence-corrected chi connectivity index (χ3v) is 4.09. The summed E-state index contributed by atoms with van der Waals surface area (Å²) in [5, 5.41) is 7.58. The summed E-state index contributed by atoms with van der Waals surface area (Å²) in [4.78, 5) is 2.37. The lowest BCUT2D eigenvalue weighted by Gasteiger charge is -2.25. The van der Waals surface area contributed by atoms with Crippen LogP contribution in [0, 0.1) is 0 Å². The van der Waals surface area contributed by atoms with Crippen molar-refractivity contribution in [2.75, 3.05) is 33.3 Å². The maximum atomic E-state index is 5.51. The second kappa shape index (κ2) is 7.44. The highest BCUT2D eigenvalue weighted by molar-refractivity contribution is 5.62. The van der Waals surface area contributed by atoms with E-state index in [-0.39, 0.29) is 0 Å². The molecule has 0 atom stereocenters. The van der Waals surface area contributed by atoms with Crippen LogP contribution < -0.4 is 10.1 Å². The zero-order valence-electron chi connectivity index (χ0n) is 13.5. The van der Waals surface area contributed by atoms with Gasteiger partial charge in [0.15, 0.2) is 5.76 Å². The summed E-state index contributed by atoms with van der Waals surface area (Å²) in [7, 11) is 1.68. The molecule has 23 heavy (non-hydrogen) atoms. The summed E-state index contributed by atoms with van der Waals surface area (Å²) in [6, 6.07) is 8.10. The Kier molecular flexibility index (Phi) is 5.10. The maximum absolute atomic E-state index is 5.51. The fraction of sp³-hybridized carbons (Fsp3) is 0.389. The van der Waals surface area contributed by atoms with Gasteiger partial charge in [0.25, 0.3) is 0 Å². The van der Waals surface area contributed by atoms with Crippen LogP contribution in [0.5, 0.6) is 5.75 Å². The third kappa shape index (κ3) is 3.81. The largest absolute Gasteiger partial charge is 0.496 e. The average Bonchev–Trinajstić information content (AvgIpc) is 3.04. The molecular weight excluding hydrogens is 290 g/mol. The van der Waals surface area contributed by atoms with Crippen LogP contribution in [0.1, 0.15) is 11.3 Å². The Labute approximate surface area is 136 Å². The fourth-order valence-electron chi connectivity index (χ4n) is 2.87. The Bertz CT molecular complexity index is 660. The van der Waals surface area contributed by atoms with E-state index in [1.165, 1.54) is 0 Å². The predicted molar refractivity (Wildman–Crippen MR) is 90.5 cm³/mol. The van der Waals surface area contributed by atoms with Gasteiger partial charge in [0, 0.05) is 37.8 Å². The molecule has 2 heterocycles. The molecule has 5 nitrogen and oxygen atoms in total. The molecule has 1 aliphatic rings. The molecule has 0 radical (unpaired) electrons. The van der Waals surface area contributed by atoms with E-state index in [4.69, 9.17) is 9.26 Å². The van der Waals surface area contributed by atoms with Gasteiger partial charge in [-0.1, -0.05) is 11.2 Å². The van der Waals surface area contributed by atoms with Crippen molar-refractivity contribution in [1.29, 1.82) is 0 Å². The van der Waals surface area contributed by atoms with Gasteiger partial charge < -0.3 is 14.6 Å². The van der Waals surface area contributed by atoms with Gasteiger partial charge in [-0.2, -0.15) is 0 Å². The first kappa shape index (κ1) is 15.8. The number of nitrogens with one attached hydrogen (secondary N) is 1. The number of aromatic nitrogens is 1. The van der Waals surface area contributed by atoms with Gasteiger partial charge in [-0.05, 0) is 30.2 Å². The van der Waals surface area contributed by atoms with E-state index in [1.807, 2.05) is 24.3 Å². The van der Waals surface area contributed by atoms with Crippen molar-refractivity contribution in [1.82, 2.24) is 15.4 Å². The lowest BCUT2D eigenvalue weighted by molar-refractivity contribution is 0.207. The van der Waals surface area contributed by atoms with Crippen LogP contribution in [0.3, 0.4) is 0 Å². The number of nitrogens with zero attached hydrogens (tertiary/aromatic N) is 2. The lowest BCUT2D eigenvalue weighted by Crippen LogP contribution is -2.42. The normalized spacial score (nSPS) is 15.5. The Morgan fingerprint density at radius 2 is 2.17 bits per heavy atom. The Morgan fingerprint density at radius 1 is 1.35 bits per heavy atom. The number of hydrogen-bond donors (Lipinski definition) is 1. The number of allylic oxidation sites excluding steroid dienone is 1. The average molecular weight is 313 g/mol. The zero-order valence-corrected chi connectivity index (χ0v) is 13.5. The topological polar surface area (TPSA) is 50.5 Å². The minimum Gasteiger partial charge on any atom is -0.496 e. The van der Waals surface area contributed by atoms with Crippen molar-refractivity contribution < 1.29 is 9.26 Å². The van der Waals surface area contributed by atoms with Crippen LogP contribution in [-0.2, 0) is 13.0 Å². The molecule has 1 aromatic carbocycles. The highest BCUT2D eigenvalue weighted by atomic mass is 16.5. The van der Waals surface area contributed by atoms with Crippen molar-refractivity contribution >= 4 is 0 Å². The quantitative estimate of drug-likeness (QED) is 0.830. The molecule has 1 fully saturated rings. The predicted octanol–water partition coefficient (Wildman–Crippen LogP) is 2.48. The van der Waals surface area contributed by atoms with Gasteiger partial charge in [0.05, 0.1) is 13.7 Å². The first-order valence-electron chi connectivity index (χ1n) is 7.97. The highest BCUT2D eigenvalue weighted by Gasteiger charge is 2.14. The molecule has 1 aromatic heterocycles. The zero-order chi connectivity index (χ0) is 16.1. The third-order valence-electron chi connectivity index (χ3n) is 4.09. The molecule has 5 heteroatoms. The van der Waals surface area contributed by atoms with E-state index in [2.05, 4.69) is 28.0 Å². The Morgan fingerprint density at radius 3 is 2.91 bits per heavy atom. The summed E-state index contributed by atoms with van der Waals surface area (Å²) in [5.74, 6) is 1.78. The van der Waals surface area contributed by atoms with Crippen molar-refractivity contribution in [3.63, 3.8) is 0 Å². The molecule has 0 spiro atoms. The van der Waals surface area contributed by atoms with Gasteiger partial charge in [-0.25, -0.2) is 0 Å². The molecule has 0 saturated carbocycles. The second-order valence-electron chi connectivity index (χ2n) is 5.72. The Balaban J connectivity index is 1.76. The SMILES string of the molecule is C=CCc1cc(-c2cc(CN3CCNCC3)on2)ccc1OC. The first-order valence-corrected chi connectivity index (χ1v) is 7.97. The Hall–Kier alpha value is -2.11. The number of hydrogen-bond acceptors (Lipinski definition) is 5. The van der Waals surface area contributed by atoms with E-state index in [0.29, 0.717) is 0 Å². The number of piperazine rings is 1. The molecule has 2 aromatic rings. The minimum absolute atomic E-state index is 0.766. The van der Waals surface area contributed by atoms with Gasteiger partial charge in [-0.3, -0.25) is 4.90 Å². The van der Waals surface area contributed by atoms with E-state index < -0.39 is 0 Å². The van der Waals surface area contributed by atoms with Crippen molar-refractivity contribution in [3.8, 4) is 17.0 Å². The molecule has 0 amide bonds. The summed E-state index contributed by atoms with van der Waals surface area (Å²) in [5.41, 5.74) is 3.01. The van der Waals surface area contributed by atoms with Crippen LogP contribution >= 0.6 is 0 Å². The fourth-order valence-corrected chi connectivity index (χ4v) is 2.87. The monoisotopic (exact) mass is 313 g/mol. The van der Waals surface area contributed by atoms with Crippen molar-refractivity contribution in [3.05, 3.63) is 48.2 Å². The summed E-state index contributed by atoms with van der Waals surface area (Å²) in [6.07, 6.45) is 2.64. The van der Waals surface area contributed by atoms with Gasteiger partial charge in [-0.15, -0.1) is 6.58 Å². The molecule has 3 rings (SSSR count). The van der Waals surface area contributed by atoms with Gasteiger partial charge in [0.2, 0.25) is 0 Å². The first-order chi connectivity index (χ1) is 11.3. The molecule has 0 unspecified atom stereocenters. The smallest absolute Gasteiger partial charge is 0.151 e. The lowest BCUT2D eigenvalue weighted by atomic mass is 10.0. The van der Waals surface area contributed by atoms with Crippen LogP contribution in [0.15, 0.2) is 41.4 Å². The van der Waals surface area contributed by atoms with Gasteiger partial charge >= 0.3 is 0 Å². The van der Waals surface area contributed by atoms with Gasteiger partial charge in [0.1, 0.15) is 11.4 Å². The number of benzene rings is 1. The number of methoxy groups -OCH3 is 1. The molecule has 122 valence electrons. The summed E-state index contributed by atoms with van der Waals surface area (Å²) in [6.45, 7) is 8.76. The van der Waals surface area contributed by atoms with E-state index >= 15 is 0 Å². The number of rotatable bonds is 6. The van der Waals surface area contributed by atoms with E-state index in [9.17, 15) is 0 Å². The van der Waals surface area contributed by atoms with Crippen molar-refractivity contribution in [2.45, 2.75) is 13.0 Å². The van der Waals surface area contributed by atoms with Crippen LogP contribution in [0.4, 0.5) is 0 Å². The maximum Gasteiger partial charge on any atom is 0.151 e. The highest BCUT2D eigenvalue weighted by Crippen LogP contribution is 2.27. The van der Waals surface area contributed by atoms with Crippen LogP contribution in [0.25, 0.3) is 11.3 Å². The molecule has 0 bridgehead atoms. The summed E-state index contributed by atoms with van der Waals surface area (Å²) >= 11 is 0. The van der Waals surface area contributed by atoms with Crippen LogP contribution in [-0.4, -0.2) is 43.3 Å². The molecule has 1 aliphatic heterocycles. The van der Waals surface area contributed by atoms with E-state index in [0.717, 1.165) is 67.5 Å². The molecular formula is C18H23N3O2. The molecule has 1 saturated heterocycles. The van der Waals surface area contributed by atoms with E-state index in [1.54, 1.807) is 7.11 Å². The number of ether oxygens (including phenoxy) is 1. The second-order valence-corrected chi connectivity index (χ2v) is 5.72. The standard InChI is InChI=1S/C18H23N3O2/c1-3-4-15-11-14(5-6-18(15)22-2)17-12-16(23-20-17)13-21-9-7-19-8-10-21/h3,5-6,11-12,19H,1,4,7-10,13H2,2H3. The molecule has 1 N–H and O–H groups in total. The molecule has 0 aliphatic carbocycles. The van der Waals surface area contributed by atoms with Crippen LogP contribution in [0.2, 0.25) is 0 Å². The minimum atomic E-state index is 0.766. The van der Waals surface area contributed by atoms with Crippen molar-refractivity contribution in [2.24, 2.45) is 0 Å².